The highest BCUT2D eigenvalue weighted by atomic mass is 79.9. The number of hydrogen-bond donors (Lipinski definition) is 0. The molecule has 0 aliphatic carbocycles. The monoisotopic (exact) mass is 389 g/mol. The summed E-state index contributed by atoms with van der Waals surface area (Å²) in [4.78, 5) is 0. The van der Waals surface area contributed by atoms with Crippen molar-refractivity contribution in [2.75, 3.05) is 0 Å². The van der Waals surface area contributed by atoms with E-state index in [1.165, 1.54) is 0 Å². The molecule has 25 heavy (non-hydrogen) atoms. The van der Waals surface area contributed by atoms with Crippen LogP contribution in [0.4, 0.5) is 0 Å². The summed E-state index contributed by atoms with van der Waals surface area (Å²) in [7, 11) is 0. The van der Waals surface area contributed by atoms with E-state index >= 15 is 0 Å². The van der Waals surface area contributed by atoms with Gasteiger partial charge in [-0.25, -0.2) is 0 Å². The molecule has 0 unspecified atom stereocenters. The first-order chi connectivity index (χ1) is 12.3. The summed E-state index contributed by atoms with van der Waals surface area (Å²) >= 11 is 3.43. The molecule has 0 aliphatic heterocycles. The first-order valence-electron chi connectivity index (χ1n) is 7.90. The zero-order valence-electron chi connectivity index (χ0n) is 13.5. The Labute approximate surface area is 156 Å². The zero-order chi connectivity index (χ0) is 17.5. The maximum atomic E-state index is 9.50. The smallest absolute Gasteiger partial charge is 0.127 e. The highest BCUT2D eigenvalue weighted by Crippen LogP contribution is 2.25. The van der Waals surface area contributed by atoms with E-state index in [2.05, 4.69) is 22.0 Å². The maximum Gasteiger partial charge on any atom is 0.127 e. The molecule has 0 N–H and O–H groups in total. The average Bonchev–Trinajstić information content (AvgIpc) is 2.67. The van der Waals surface area contributed by atoms with Crippen molar-refractivity contribution in [3.8, 4) is 11.8 Å². The first-order valence-corrected chi connectivity index (χ1v) is 8.69. The second-order valence-electron chi connectivity index (χ2n) is 5.49. The van der Waals surface area contributed by atoms with Crippen LogP contribution in [0.5, 0.6) is 5.75 Å². The van der Waals surface area contributed by atoms with Gasteiger partial charge in [-0.3, -0.25) is 0 Å². The van der Waals surface area contributed by atoms with Crippen LogP contribution >= 0.6 is 15.9 Å². The Morgan fingerprint density at radius 3 is 2.32 bits per heavy atom. The standard InChI is InChI=1S/C22H16BrNO/c23-21-12-10-17(11-13-21)16-25-22-9-5-4-8-19(22)14-20(15-24)18-6-2-1-3-7-18/h1-14H,16H2/b20-14-. The van der Waals surface area contributed by atoms with Crippen molar-refractivity contribution in [2.45, 2.75) is 6.61 Å². The number of halogens is 1. The van der Waals surface area contributed by atoms with Crippen LogP contribution < -0.4 is 4.74 Å². The lowest BCUT2D eigenvalue weighted by atomic mass is 10.0. The lowest BCUT2D eigenvalue weighted by molar-refractivity contribution is 0.305. The molecule has 0 heterocycles. The summed E-state index contributed by atoms with van der Waals surface area (Å²) in [6.07, 6.45) is 1.87. The van der Waals surface area contributed by atoms with Gasteiger partial charge >= 0.3 is 0 Å². The Morgan fingerprint density at radius 1 is 0.920 bits per heavy atom. The molecule has 3 rings (SSSR count). The lowest BCUT2D eigenvalue weighted by Crippen LogP contribution is -1.97. The minimum Gasteiger partial charge on any atom is -0.488 e. The molecule has 0 aliphatic rings. The molecule has 2 nitrogen and oxygen atoms in total. The molecule has 0 spiro atoms. The summed E-state index contributed by atoms with van der Waals surface area (Å²) in [5.74, 6) is 0.758. The number of nitrogens with zero attached hydrogens (tertiary/aromatic N) is 1. The zero-order valence-corrected chi connectivity index (χ0v) is 15.1. The van der Waals surface area contributed by atoms with Crippen molar-refractivity contribution in [1.29, 1.82) is 5.26 Å². The molecule has 0 aromatic heterocycles. The van der Waals surface area contributed by atoms with E-state index in [1.807, 2.05) is 84.9 Å². The second kappa shape index (κ2) is 8.32. The van der Waals surface area contributed by atoms with Gasteiger partial charge in [0.15, 0.2) is 0 Å². The van der Waals surface area contributed by atoms with E-state index in [9.17, 15) is 5.26 Å². The quantitative estimate of drug-likeness (QED) is 0.390. The summed E-state index contributed by atoms with van der Waals surface area (Å²) < 4.78 is 7.02. The van der Waals surface area contributed by atoms with Gasteiger partial charge in [-0.05, 0) is 35.4 Å². The van der Waals surface area contributed by atoms with Crippen LogP contribution in [0.15, 0.2) is 83.3 Å². The largest absolute Gasteiger partial charge is 0.488 e. The van der Waals surface area contributed by atoms with Crippen LogP contribution in [0.3, 0.4) is 0 Å². The van der Waals surface area contributed by atoms with Crippen molar-refractivity contribution < 1.29 is 4.74 Å². The number of rotatable bonds is 5. The van der Waals surface area contributed by atoms with Gasteiger partial charge in [0.1, 0.15) is 12.4 Å². The topological polar surface area (TPSA) is 33.0 Å². The molecular weight excluding hydrogens is 374 g/mol. The van der Waals surface area contributed by atoms with Crippen LogP contribution in [0, 0.1) is 11.3 Å². The molecule has 0 radical (unpaired) electrons. The van der Waals surface area contributed by atoms with E-state index in [0.717, 1.165) is 26.9 Å². The Bertz CT molecular complexity index is 909. The third-order valence-corrected chi connectivity index (χ3v) is 4.26. The van der Waals surface area contributed by atoms with Gasteiger partial charge in [-0.15, -0.1) is 0 Å². The predicted molar refractivity (Wildman–Crippen MR) is 105 cm³/mol. The second-order valence-corrected chi connectivity index (χ2v) is 6.40. The van der Waals surface area contributed by atoms with Crippen molar-refractivity contribution in [1.82, 2.24) is 0 Å². The van der Waals surface area contributed by atoms with E-state index in [0.29, 0.717) is 12.2 Å². The number of hydrogen-bond acceptors (Lipinski definition) is 2. The molecule has 3 aromatic carbocycles. The molecule has 3 heteroatoms. The fraction of sp³-hybridized carbons (Fsp3) is 0.0455. The number of ether oxygens (including phenoxy) is 1. The molecule has 0 saturated heterocycles. The van der Waals surface area contributed by atoms with Crippen molar-refractivity contribution in [3.05, 3.63) is 100 Å². The molecule has 0 saturated carbocycles. The third kappa shape index (κ3) is 4.59. The van der Waals surface area contributed by atoms with Crippen LogP contribution in [0.1, 0.15) is 16.7 Å². The SMILES string of the molecule is N#C/C(=C/c1ccccc1OCc1ccc(Br)cc1)c1ccccc1. The number of benzene rings is 3. The van der Waals surface area contributed by atoms with Gasteiger partial charge in [-0.2, -0.15) is 5.26 Å². The highest BCUT2D eigenvalue weighted by Gasteiger charge is 2.05. The van der Waals surface area contributed by atoms with Gasteiger partial charge in [0.05, 0.1) is 11.6 Å². The van der Waals surface area contributed by atoms with Crippen LogP contribution in [-0.2, 0) is 6.61 Å². The minimum atomic E-state index is 0.478. The van der Waals surface area contributed by atoms with Crippen molar-refractivity contribution in [3.63, 3.8) is 0 Å². The van der Waals surface area contributed by atoms with Gasteiger partial charge in [-0.1, -0.05) is 76.6 Å². The minimum absolute atomic E-state index is 0.478. The fourth-order valence-electron chi connectivity index (χ4n) is 2.43. The molecule has 0 bridgehead atoms. The predicted octanol–water partition coefficient (Wildman–Crippen LogP) is 6.09. The van der Waals surface area contributed by atoms with Crippen molar-refractivity contribution >= 4 is 27.6 Å². The summed E-state index contributed by atoms with van der Waals surface area (Å²) in [6.45, 7) is 0.478. The Hall–Kier alpha value is -2.83. The Kier molecular flexibility index (Phi) is 5.66. The first kappa shape index (κ1) is 17.0. The van der Waals surface area contributed by atoms with Gasteiger partial charge in [0.25, 0.3) is 0 Å². The number of para-hydroxylation sites is 1. The van der Waals surface area contributed by atoms with Gasteiger partial charge in [0.2, 0.25) is 0 Å². The Morgan fingerprint density at radius 2 is 1.60 bits per heavy atom. The summed E-state index contributed by atoms with van der Waals surface area (Å²) in [5.41, 5.74) is 3.48. The van der Waals surface area contributed by atoms with E-state index in [1.54, 1.807) is 0 Å². The highest BCUT2D eigenvalue weighted by molar-refractivity contribution is 9.10. The molecule has 0 fully saturated rings. The lowest BCUT2D eigenvalue weighted by Gasteiger charge is -2.10. The Balaban J connectivity index is 1.84. The normalized spacial score (nSPS) is 11.0. The van der Waals surface area contributed by atoms with Crippen LogP contribution in [0.2, 0.25) is 0 Å². The van der Waals surface area contributed by atoms with Crippen LogP contribution in [0.25, 0.3) is 11.6 Å². The summed E-state index contributed by atoms with van der Waals surface area (Å²) in [6, 6.07) is 27.7. The molecule has 0 amide bonds. The van der Waals surface area contributed by atoms with E-state index in [4.69, 9.17) is 4.74 Å². The van der Waals surface area contributed by atoms with E-state index < -0.39 is 0 Å². The number of allylic oxidation sites excluding steroid dienone is 1. The molecule has 3 aromatic rings. The molecular formula is C22H16BrNO. The average molecular weight is 390 g/mol. The van der Waals surface area contributed by atoms with Gasteiger partial charge < -0.3 is 4.74 Å². The fourth-order valence-corrected chi connectivity index (χ4v) is 2.69. The molecule has 0 atom stereocenters. The van der Waals surface area contributed by atoms with Crippen LogP contribution in [-0.4, -0.2) is 0 Å². The summed E-state index contributed by atoms with van der Waals surface area (Å²) in [5, 5.41) is 9.50. The van der Waals surface area contributed by atoms with E-state index in [-0.39, 0.29) is 0 Å². The van der Waals surface area contributed by atoms with Crippen molar-refractivity contribution in [2.24, 2.45) is 0 Å². The number of nitriles is 1. The third-order valence-electron chi connectivity index (χ3n) is 3.73. The maximum absolute atomic E-state index is 9.50. The molecule has 122 valence electrons. The van der Waals surface area contributed by atoms with Gasteiger partial charge in [0, 0.05) is 10.0 Å².